The Kier molecular flexibility index (Phi) is 3.39. The van der Waals surface area contributed by atoms with Gasteiger partial charge in [0.15, 0.2) is 5.78 Å². The Hall–Kier alpha value is -0.870. The minimum absolute atomic E-state index is 0.180. The smallest absolute Gasteiger partial charge is 0.170 e. The molecule has 102 valence electrons. The van der Waals surface area contributed by atoms with Crippen molar-refractivity contribution in [2.24, 2.45) is 0 Å². The molecule has 3 nitrogen and oxygen atoms in total. The lowest BCUT2D eigenvalue weighted by Crippen LogP contribution is -2.47. The summed E-state index contributed by atoms with van der Waals surface area (Å²) in [4.78, 5) is 12.4. The van der Waals surface area contributed by atoms with Crippen LogP contribution >= 0.6 is 15.9 Å². The van der Waals surface area contributed by atoms with Crippen molar-refractivity contribution in [2.45, 2.75) is 43.8 Å². The molecule has 0 N–H and O–H groups in total. The molecule has 0 bridgehead atoms. The number of Topliss-reactive ketones (excluding diaryl/α,β-unsaturated/α-hetero) is 1. The standard InChI is InChI=1S/C15H17BrO3/c1-18-11-3-2-6-15(8-11)9-13(17)12-7-10(16)4-5-14(12)19-15/h4-5,7,11H,2-3,6,8-9H2,1H3. The molecule has 2 atom stereocenters. The van der Waals surface area contributed by atoms with Crippen LogP contribution in [0.2, 0.25) is 0 Å². The second-order valence-electron chi connectivity index (χ2n) is 5.48. The van der Waals surface area contributed by atoms with Crippen LogP contribution in [0.5, 0.6) is 5.75 Å². The molecule has 0 radical (unpaired) electrons. The van der Waals surface area contributed by atoms with E-state index in [4.69, 9.17) is 9.47 Å². The number of hydrogen-bond acceptors (Lipinski definition) is 3. The zero-order valence-electron chi connectivity index (χ0n) is 10.9. The fourth-order valence-corrected chi connectivity index (χ4v) is 3.55. The molecule has 2 aliphatic rings. The van der Waals surface area contributed by atoms with Crippen LogP contribution in [0.25, 0.3) is 0 Å². The molecule has 4 heteroatoms. The molecular formula is C15H17BrO3. The zero-order chi connectivity index (χ0) is 13.5. The predicted octanol–water partition coefficient (Wildman–Crippen LogP) is 3.74. The SMILES string of the molecule is COC1CCCC2(CC(=O)c3cc(Br)ccc3O2)C1. The molecule has 1 fully saturated rings. The predicted molar refractivity (Wildman–Crippen MR) is 75.7 cm³/mol. The van der Waals surface area contributed by atoms with Gasteiger partial charge in [-0.05, 0) is 37.5 Å². The van der Waals surface area contributed by atoms with E-state index in [9.17, 15) is 4.79 Å². The lowest BCUT2D eigenvalue weighted by atomic mass is 9.77. The van der Waals surface area contributed by atoms with Gasteiger partial charge in [-0.25, -0.2) is 0 Å². The van der Waals surface area contributed by atoms with Crippen LogP contribution < -0.4 is 4.74 Å². The molecule has 1 spiro atoms. The van der Waals surface area contributed by atoms with Gasteiger partial charge in [0.25, 0.3) is 0 Å². The van der Waals surface area contributed by atoms with Crippen LogP contribution in [0.15, 0.2) is 22.7 Å². The number of halogens is 1. The Morgan fingerprint density at radius 1 is 1.47 bits per heavy atom. The maximum atomic E-state index is 12.4. The van der Waals surface area contributed by atoms with Crippen molar-refractivity contribution in [3.63, 3.8) is 0 Å². The van der Waals surface area contributed by atoms with Gasteiger partial charge >= 0.3 is 0 Å². The third-order valence-corrected chi connectivity index (χ3v) is 4.64. The van der Waals surface area contributed by atoms with E-state index in [0.29, 0.717) is 12.0 Å². The van der Waals surface area contributed by atoms with Crippen molar-refractivity contribution >= 4 is 21.7 Å². The van der Waals surface area contributed by atoms with Crippen LogP contribution in [0.3, 0.4) is 0 Å². The summed E-state index contributed by atoms with van der Waals surface area (Å²) in [5.41, 5.74) is 0.344. The molecule has 1 saturated carbocycles. The van der Waals surface area contributed by atoms with E-state index in [1.807, 2.05) is 18.2 Å². The largest absolute Gasteiger partial charge is 0.486 e. The highest BCUT2D eigenvalue weighted by Gasteiger charge is 2.44. The molecule has 0 saturated heterocycles. The number of carbonyl (C=O) groups excluding carboxylic acids is 1. The van der Waals surface area contributed by atoms with Gasteiger partial charge in [0.2, 0.25) is 0 Å². The molecule has 1 aromatic rings. The summed E-state index contributed by atoms with van der Waals surface area (Å²) >= 11 is 3.40. The minimum atomic E-state index is -0.350. The second-order valence-corrected chi connectivity index (χ2v) is 6.40. The fourth-order valence-electron chi connectivity index (χ4n) is 3.19. The van der Waals surface area contributed by atoms with Crippen LogP contribution in [0, 0.1) is 0 Å². The molecule has 19 heavy (non-hydrogen) atoms. The molecule has 1 aliphatic heterocycles. The third-order valence-electron chi connectivity index (χ3n) is 4.14. The first kappa shape index (κ1) is 13.1. The first-order valence-corrected chi connectivity index (χ1v) is 7.46. The Balaban J connectivity index is 1.92. The molecule has 2 unspecified atom stereocenters. The van der Waals surface area contributed by atoms with Crippen molar-refractivity contribution in [2.75, 3.05) is 7.11 Å². The average molecular weight is 325 g/mol. The fraction of sp³-hybridized carbons (Fsp3) is 0.533. The summed E-state index contributed by atoms with van der Waals surface area (Å²) in [5.74, 6) is 0.899. The van der Waals surface area contributed by atoms with E-state index < -0.39 is 0 Å². The van der Waals surface area contributed by atoms with Crippen LogP contribution in [0.4, 0.5) is 0 Å². The van der Waals surface area contributed by atoms with E-state index >= 15 is 0 Å². The Labute approximate surface area is 121 Å². The molecule has 3 rings (SSSR count). The summed E-state index contributed by atoms with van der Waals surface area (Å²) in [6.45, 7) is 0. The lowest BCUT2D eigenvalue weighted by Gasteiger charge is -2.43. The Morgan fingerprint density at radius 2 is 2.32 bits per heavy atom. The van der Waals surface area contributed by atoms with Gasteiger partial charge in [0, 0.05) is 18.0 Å². The van der Waals surface area contributed by atoms with Crippen molar-refractivity contribution in [1.29, 1.82) is 0 Å². The number of hydrogen-bond donors (Lipinski definition) is 0. The van der Waals surface area contributed by atoms with E-state index in [1.165, 1.54) is 0 Å². The van der Waals surface area contributed by atoms with Crippen LogP contribution in [-0.4, -0.2) is 24.6 Å². The van der Waals surface area contributed by atoms with Crippen molar-refractivity contribution in [1.82, 2.24) is 0 Å². The van der Waals surface area contributed by atoms with Gasteiger partial charge in [-0.2, -0.15) is 0 Å². The van der Waals surface area contributed by atoms with Crippen LogP contribution in [-0.2, 0) is 4.74 Å². The summed E-state index contributed by atoms with van der Waals surface area (Å²) in [7, 11) is 1.74. The summed E-state index contributed by atoms with van der Waals surface area (Å²) in [6.07, 6.45) is 4.54. The average Bonchev–Trinajstić information content (AvgIpc) is 2.40. The van der Waals surface area contributed by atoms with Gasteiger partial charge in [0.05, 0.1) is 18.1 Å². The summed E-state index contributed by atoms with van der Waals surface area (Å²) in [5, 5.41) is 0. The van der Waals surface area contributed by atoms with E-state index in [-0.39, 0.29) is 17.5 Å². The number of carbonyl (C=O) groups is 1. The van der Waals surface area contributed by atoms with E-state index in [2.05, 4.69) is 15.9 Å². The summed E-state index contributed by atoms with van der Waals surface area (Å²) < 4.78 is 12.6. The van der Waals surface area contributed by atoms with E-state index in [0.717, 1.165) is 35.9 Å². The highest BCUT2D eigenvalue weighted by molar-refractivity contribution is 9.10. The van der Waals surface area contributed by atoms with Gasteiger partial charge in [0.1, 0.15) is 11.4 Å². The van der Waals surface area contributed by atoms with Gasteiger partial charge in [-0.15, -0.1) is 0 Å². The maximum Gasteiger partial charge on any atom is 0.170 e. The second kappa shape index (κ2) is 4.91. The Morgan fingerprint density at radius 3 is 3.11 bits per heavy atom. The molecule has 0 amide bonds. The van der Waals surface area contributed by atoms with E-state index in [1.54, 1.807) is 7.11 Å². The highest BCUT2D eigenvalue weighted by Crippen LogP contribution is 2.42. The van der Waals surface area contributed by atoms with Crippen molar-refractivity contribution in [3.05, 3.63) is 28.2 Å². The van der Waals surface area contributed by atoms with Crippen molar-refractivity contribution in [3.8, 4) is 5.75 Å². The number of ketones is 1. The Bertz CT molecular complexity index is 514. The molecule has 1 aliphatic carbocycles. The quantitative estimate of drug-likeness (QED) is 0.789. The molecule has 1 heterocycles. The first-order chi connectivity index (χ1) is 9.12. The first-order valence-electron chi connectivity index (χ1n) is 6.66. The topological polar surface area (TPSA) is 35.5 Å². The van der Waals surface area contributed by atoms with Gasteiger partial charge in [-0.1, -0.05) is 15.9 Å². The maximum absolute atomic E-state index is 12.4. The number of rotatable bonds is 1. The van der Waals surface area contributed by atoms with Gasteiger partial charge < -0.3 is 9.47 Å². The molecule has 1 aromatic carbocycles. The zero-order valence-corrected chi connectivity index (χ0v) is 12.5. The van der Waals surface area contributed by atoms with Gasteiger partial charge in [-0.3, -0.25) is 4.79 Å². The third kappa shape index (κ3) is 2.43. The molecule has 0 aromatic heterocycles. The highest BCUT2D eigenvalue weighted by atomic mass is 79.9. The number of ether oxygens (including phenoxy) is 2. The monoisotopic (exact) mass is 324 g/mol. The summed E-state index contributed by atoms with van der Waals surface area (Å²) in [6, 6.07) is 5.65. The minimum Gasteiger partial charge on any atom is -0.486 e. The molecular weight excluding hydrogens is 308 g/mol. The number of methoxy groups -OCH3 is 1. The van der Waals surface area contributed by atoms with Crippen LogP contribution in [0.1, 0.15) is 42.5 Å². The van der Waals surface area contributed by atoms with Crippen molar-refractivity contribution < 1.29 is 14.3 Å². The number of fused-ring (bicyclic) bond motifs is 1. The number of benzene rings is 1. The lowest BCUT2D eigenvalue weighted by molar-refractivity contribution is -0.0466. The normalized spacial score (nSPS) is 30.0.